The van der Waals surface area contributed by atoms with Crippen molar-refractivity contribution in [2.24, 2.45) is 0 Å². The fourth-order valence-corrected chi connectivity index (χ4v) is 4.28. The molecule has 1 aromatic heterocycles. The van der Waals surface area contributed by atoms with Crippen molar-refractivity contribution in [1.82, 2.24) is 20.1 Å². The Morgan fingerprint density at radius 3 is 2.46 bits per heavy atom. The van der Waals surface area contributed by atoms with E-state index in [0.717, 1.165) is 37.1 Å². The molecule has 1 spiro atoms. The maximum Gasteiger partial charge on any atom is 0.327 e. The van der Waals surface area contributed by atoms with Crippen LogP contribution in [-0.2, 0) is 17.8 Å². The number of hydrogen-bond donors (Lipinski definition) is 1. The van der Waals surface area contributed by atoms with Crippen LogP contribution >= 0.6 is 0 Å². The molecule has 0 saturated carbocycles. The maximum atomic E-state index is 13.4. The lowest BCUT2D eigenvalue weighted by Crippen LogP contribution is -2.55. The first-order chi connectivity index (χ1) is 13.7. The van der Waals surface area contributed by atoms with E-state index in [2.05, 4.69) is 10.3 Å². The molecule has 2 aromatic rings. The Balaban J connectivity index is 1.51. The number of aromatic nitrogens is 1. The highest BCUT2D eigenvalue weighted by molar-refractivity contribution is 6.07. The van der Waals surface area contributed by atoms with Gasteiger partial charge in [0.25, 0.3) is 5.91 Å². The van der Waals surface area contributed by atoms with Gasteiger partial charge < -0.3 is 10.2 Å². The highest BCUT2D eigenvalue weighted by Gasteiger charge is 2.56. The lowest BCUT2D eigenvalue weighted by Gasteiger charge is -2.38. The minimum Gasteiger partial charge on any atom is -0.317 e. The van der Waals surface area contributed by atoms with Gasteiger partial charge in [0.1, 0.15) is 5.54 Å². The number of amides is 3. The van der Waals surface area contributed by atoms with Crippen LogP contribution < -0.4 is 5.32 Å². The van der Waals surface area contributed by atoms with Gasteiger partial charge in [-0.15, -0.1) is 0 Å². The van der Waals surface area contributed by atoms with Crippen molar-refractivity contribution in [3.8, 4) is 0 Å². The number of carbonyl (C=O) groups excluding carboxylic acids is 2. The van der Waals surface area contributed by atoms with Gasteiger partial charge in [-0.2, -0.15) is 0 Å². The van der Waals surface area contributed by atoms with Crippen molar-refractivity contribution in [2.45, 2.75) is 37.8 Å². The van der Waals surface area contributed by atoms with Crippen LogP contribution in [0.2, 0.25) is 0 Å². The Kier molecular flexibility index (Phi) is 5.39. The van der Waals surface area contributed by atoms with Gasteiger partial charge in [0, 0.05) is 25.5 Å². The van der Waals surface area contributed by atoms with Crippen molar-refractivity contribution in [1.29, 1.82) is 0 Å². The Bertz CT molecular complexity index is 819. The molecule has 6 nitrogen and oxygen atoms in total. The zero-order chi connectivity index (χ0) is 19.4. The fourth-order valence-electron chi connectivity index (χ4n) is 4.28. The van der Waals surface area contributed by atoms with Gasteiger partial charge in [-0.25, -0.2) is 4.79 Å². The number of piperidine rings is 1. The largest absolute Gasteiger partial charge is 0.327 e. The number of urea groups is 1. The van der Waals surface area contributed by atoms with E-state index < -0.39 is 5.54 Å². The van der Waals surface area contributed by atoms with Crippen LogP contribution in [0.15, 0.2) is 54.9 Å². The number of imide groups is 1. The minimum atomic E-state index is -0.702. The summed E-state index contributed by atoms with van der Waals surface area (Å²) >= 11 is 0. The molecule has 2 aliphatic heterocycles. The maximum absolute atomic E-state index is 13.4. The van der Waals surface area contributed by atoms with E-state index in [9.17, 15) is 9.59 Å². The number of rotatable bonds is 6. The molecule has 0 atom stereocenters. The van der Waals surface area contributed by atoms with Crippen LogP contribution in [-0.4, -0.2) is 51.9 Å². The summed E-state index contributed by atoms with van der Waals surface area (Å²) in [6.45, 7) is 2.44. The van der Waals surface area contributed by atoms with Crippen LogP contribution in [0.1, 0.15) is 30.4 Å². The summed E-state index contributed by atoms with van der Waals surface area (Å²) in [5.41, 5.74) is 1.48. The Morgan fingerprint density at radius 1 is 1.00 bits per heavy atom. The molecule has 28 heavy (non-hydrogen) atoms. The average molecular weight is 378 g/mol. The third kappa shape index (κ3) is 3.52. The number of nitrogens with zero attached hydrogens (tertiary/aromatic N) is 3. The predicted octanol–water partition coefficient (Wildman–Crippen LogP) is 2.60. The summed E-state index contributed by atoms with van der Waals surface area (Å²) in [5.74, 6) is -0.0267. The second-order valence-corrected chi connectivity index (χ2v) is 7.56. The topological polar surface area (TPSA) is 65.5 Å². The molecule has 6 heteroatoms. The highest BCUT2D eigenvalue weighted by atomic mass is 16.2. The summed E-state index contributed by atoms with van der Waals surface area (Å²) in [6.07, 6.45) is 6.48. The Hall–Kier alpha value is -2.73. The van der Waals surface area contributed by atoms with Crippen LogP contribution in [0, 0.1) is 0 Å². The molecule has 0 unspecified atom stereocenters. The van der Waals surface area contributed by atoms with Crippen LogP contribution in [0.4, 0.5) is 4.79 Å². The van der Waals surface area contributed by atoms with Gasteiger partial charge in [-0.3, -0.25) is 14.7 Å². The van der Waals surface area contributed by atoms with Crippen molar-refractivity contribution < 1.29 is 9.59 Å². The fraction of sp³-hybridized carbons (Fsp3) is 0.409. The molecule has 2 fully saturated rings. The van der Waals surface area contributed by atoms with Crippen LogP contribution in [0.25, 0.3) is 0 Å². The molecule has 2 aliphatic rings. The van der Waals surface area contributed by atoms with Gasteiger partial charge in [0.05, 0.1) is 0 Å². The molecule has 0 aliphatic carbocycles. The van der Waals surface area contributed by atoms with E-state index in [0.29, 0.717) is 25.9 Å². The molecule has 1 aromatic carbocycles. The number of hydrogen-bond acceptors (Lipinski definition) is 4. The highest BCUT2D eigenvalue weighted by Crippen LogP contribution is 2.37. The zero-order valence-electron chi connectivity index (χ0n) is 16.0. The quantitative estimate of drug-likeness (QED) is 0.785. The van der Waals surface area contributed by atoms with Crippen LogP contribution in [0.3, 0.4) is 0 Å². The zero-order valence-corrected chi connectivity index (χ0v) is 16.0. The van der Waals surface area contributed by atoms with Crippen LogP contribution in [0.5, 0.6) is 0 Å². The number of benzene rings is 1. The molecule has 1 N–H and O–H groups in total. The molecule has 2 saturated heterocycles. The second-order valence-electron chi connectivity index (χ2n) is 7.56. The number of pyridine rings is 1. The number of aryl methyl sites for hydroxylation is 1. The monoisotopic (exact) mass is 378 g/mol. The normalized spacial score (nSPS) is 18.9. The first kappa shape index (κ1) is 18.6. The van der Waals surface area contributed by atoms with E-state index in [1.165, 1.54) is 4.90 Å². The van der Waals surface area contributed by atoms with Gasteiger partial charge in [-0.05, 0) is 56.0 Å². The molecule has 3 heterocycles. The van der Waals surface area contributed by atoms with Gasteiger partial charge in [0.15, 0.2) is 0 Å². The summed E-state index contributed by atoms with van der Waals surface area (Å²) in [6, 6.07) is 13.7. The molecule has 0 radical (unpaired) electrons. The van der Waals surface area contributed by atoms with Gasteiger partial charge in [-0.1, -0.05) is 36.4 Å². The molecule has 3 amide bonds. The third-order valence-corrected chi connectivity index (χ3v) is 5.81. The SMILES string of the molecule is O=C1N(CCCc2cccnc2)C(=O)C2(CCNCC2)N1Cc1ccccc1. The average Bonchev–Trinajstić information content (AvgIpc) is 2.92. The molecular weight excluding hydrogens is 352 g/mol. The summed E-state index contributed by atoms with van der Waals surface area (Å²) in [7, 11) is 0. The number of carbonyl (C=O) groups is 2. The van der Waals surface area contributed by atoms with E-state index in [1.54, 1.807) is 6.20 Å². The molecule has 0 bridgehead atoms. The third-order valence-electron chi connectivity index (χ3n) is 5.81. The van der Waals surface area contributed by atoms with Crippen molar-refractivity contribution in [2.75, 3.05) is 19.6 Å². The molecule has 146 valence electrons. The smallest absolute Gasteiger partial charge is 0.317 e. The predicted molar refractivity (Wildman–Crippen MR) is 106 cm³/mol. The van der Waals surface area contributed by atoms with Crippen molar-refractivity contribution in [3.05, 3.63) is 66.0 Å². The van der Waals surface area contributed by atoms with E-state index in [-0.39, 0.29) is 11.9 Å². The lowest BCUT2D eigenvalue weighted by atomic mass is 9.86. The minimum absolute atomic E-state index is 0.0267. The molecule has 4 rings (SSSR count). The van der Waals surface area contributed by atoms with E-state index in [1.807, 2.05) is 53.6 Å². The van der Waals surface area contributed by atoms with Gasteiger partial charge >= 0.3 is 6.03 Å². The summed E-state index contributed by atoms with van der Waals surface area (Å²) < 4.78 is 0. The summed E-state index contributed by atoms with van der Waals surface area (Å²) in [4.78, 5) is 34.0. The summed E-state index contributed by atoms with van der Waals surface area (Å²) in [5, 5.41) is 3.32. The van der Waals surface area contributed by atoms with E-state index in [4.69, 9.17) is 0 Å². The standard InChI is InChI=1S/C22H26N4O2/c27-20-22(10-13-23-14-11-22)26(17-19-6-2-1-3-7-19)21(28)25(20)15-5-9-18-8-4-12-24-16-18/h1-4,6-8,12,16,23H,5,9-11,13-15,17H2. The Morgan fingerprint density at radius 2 is 1.75 bits per heavy atom. The first-order valence-corrected chi connectivity index (χ1v) is 9.98. The second kappa shape index (κ2) is 8.10. The van der Waals surface area contributed by atoms with Crippen molar-refractivity contribution >= 4 is 11.9 Å². The van der Waals surface area contributed by atoms with E-state index >= 15 is 0 Å². The van der Waals surface area contributed by atoms with Gasteiger partial charge in [0.2, 0.25) is 0 Å². The number of nitrogens with one attached hydrogen (secondary N) is 1. The molecular formula is C22H26N4O2. The lowest BCUT2D eigenvalue weighted by molar-refractivity contribution is -0.134. The Labute approximate surface area is 165 Å². The first-order valence-electron chi connectivity index (χ1n) is 9.98. The van der Waals surface area contributed by atoms with Crippen molar-refractivity contribution in [3.63, 3.8) is 0 Å².